The first kappa shape index (κ1) is 12.5. The topological polar surface area (TPSA) is 44.5 Å². The van der Waals surface area contributed by atoms with E-state index in [1.165, 1.54) is 0 Å². The van der Waals surface area contributed by atoms with Gasteiger partial charge in [-0.3, -0.25) is 0 Å². The van der Waals surface area contributed by atoms with Crippen LogP contribution >= 0.6 is 11.6 Å². The maximum atomic E-state index is 6.34. The first-order valence-electron chi connectivity index (χ1n) is 5.62. The molecule has 1 aliphatic carbocycles. The van der Waals surface area contributed by atoms with Gasteiger partial charge in [0.2, 0.25) is 0 Å². The molecule has 1 aromatic rings. The van der Waals surface area contributed by atoms with Crippen LogP contribution in [0.1, 0.15) is 37.4 Å². The molecule has 1 unspecified atom stereocenters. The van der Waals surface area contributed by atoms with E-state index in [4.69, 9.17) is 26.8 Å². The highest BCUT2D eigenvalue weighted by Crippen LogP contribution is 2.53. The van der Waals surface area contributed by atoms with Crippen molar-refractivity contribution in [3.8, 4) is 11.5 Å². The number of rotatable bonds is 2. The molecule has 0 saturated heterocycles. The summed E-state index contributed by atoms with van der Waals surface area (Å²) in [4.78, 5) is 0. The Bertz CT molecular complexity index is 457. The molecule has 94 valence electrons. The van der Waals surface area contributed by atoms with Gasteiger partial charge in [-0.25, -0.2) is 0 Å². The van der Waals surface area contributed by atoms with Crippen LogP contribution in [-0.2, 0) is 5.41 Å². The minimum Gasteiger partial charge on any atom is -0.493 e. The Labute approximate surface area is 107 Å². The van der Waals surface area contributed by atoms with E-state index in [1.54, 1.807) is 20.3 Å². The van der Waals surface area contributed by atoms with Gasteiger partial charge in [0.25, 0.3) is 0 Å². The normalized spacial score (nSPS) is 21.2. The molecule has 0 bridgehead atoms. The van der Waals surface area contributed by atoms with Gasteiger partial charge in [-0.2, -0.15) is 0 Å². The largest absolute Gasteiger partial charge is 0.493 e. The number of nitrogens with two attached hydrogens (primary N) is 1. The van der Waals surface area contributed by atoms with Gasteiger partial charge in [-0.1, -0.05) is 25.4 Å². The minimum atomic E-state index is -0.0532. The molecule has 0 saturated carbocycles. The Morgan fingerprint density at radius 1 is 1.35 bits per heavy atom. The maximum absolute atomic E-state index is 6.34. The molecule has 0 aliphatic heterocycles. The van der Waals surface area contributed by atoms with Crippen molar-refractivity contribution < 1.29 is 9.47 Å². The van der Waals surface area contributed by atoms with Crippen molar-refractivity contribution >= 4 is 11.6 Å². The highest BCUT2D eigenvalue weighted by molar-refractivity contribution is 6.32. The Morgan fingerprint density at radius 2 is 2.00 bits per heavy atom. The van der Waals surface area contributed by atoms with Crippen LogP contribution in [0.5, 0.6) is 11.5 Å². The predicted octanol–water partition coefficient (Wildman–Crippen LogP) is 3.04. The molecule has 17 heavy (non-hydrogen) atoms. The van der Waals surface area contributed by atoms with Crippen molar-refractivity contribution in [2.75, 3.05) is 14.2 Å². The first-order chi connectivity index (χ1) is 7.92. The summed E-state index contributed by atoms with van der Waals surface area (Å²) in [5, 5.41) is 0.704. The van der Waals surface area contributed by atoms with Gasteiger partial charge in [0.1, 0.15) is 0 Å². The molecule has 1 aromatic carbocycles. The molecule has 0 fully saturated rings. The summed E-state index contributed by atoms with van der Waals surface area (Å²) < 4.78 is 10.7. The van der Waals surface area contributed by atoms with Crippen LogP contribution in [0, 0.1) is 0 Å². The molecule has 2 rings (SSSR count). The lowest BCUT2D eigenvalue weighted by molar-refractivity contribution is 0.350. The van der Waals surface area contributed by atoms with Gasteiger partial charge in [0.05, 0.1) is 14.2 Å². The molecular weight excluding hydrogens is 238 g/mol. The molecule has 1 atom stereocenters. The van der Waals surface area contributed by atoms with Crippen LogP contribution in [0.4, 0.5) is 0 Å². The standard InChI is InChI=1S/C13H18ClNO2/c1-13(2)6-8(15)10-11(13)7(14)5-9(16-3)12(10)17-4/h5,8H,6,15H2,1-4H3. The minimum absolute atomic E-state index is 0.0224. The van der Waals surface area contributed by atoms with E-state index in [-0.39, 0.29) is 11.5 Å². The van der Waals surface area contributed by atoms with E-state index in [0.29, 0.717) is 16.5 Å². The van der Waals surface area contributed by atoms with Gasteiger partial charge in [-0.05, 0) is 17.4 Å². The number of fused-ring (bicyclic) bond motifs is 1. The number of hydrogen-bond donors (Lipinski definition) is 1. The smallest absolute Gasteiger partial charge is 0.165 e. The van der Waals surface area contributed by atoms with Gasteiger partial charge in [-0.15, -0.1) is 0 Å². The summed E-state index contributed by atoms with van der Waals surface area (Å²) in [5.41, 5.74) is 8.25. The lowest BCUT2D eigenvalue weighted by Gasteiger charge is -2.21. The maximum Gasteiger partial charge on any atom is 0.165 e. The average molecular weight is 256 g/mol. The van der Waals surface area contributed by atoms with Crippen molar-refractivity contribution in [3.63, 3.8) is 0 Å². The average Bonchev–Trinajstić information content (AvgIpc) is 2.49. The van der Waals surface area contributed by atoms with Crippen LogP contribution in [0.2, 0.25) is 5.02 Å². The number of benzene rings is 1. The second kappa shape index (κ2) is 4.07. The van der Waals surface area contributed by atoms with E-state index >= 15 is 0 Å². The molecule has 2 N–H and O–H groups in total. The number of ether oxygens (including phenoxy) is 2. The van der Waals surface area contributed by atoms with Crippen LogP contribution in [0.25, 0.3) is 0 Å². The summed E-state index contributed by atoms with van der Waals surface area (Å²) in [7, 11) is 3.23. The van der Waals surface area contributed by atoms with E-state index in [9.17, 15) is 0 Å². The lowest BCUT2D eigenvalue weighted by Crippen LogP contribution is -2.14. The number of hydrogen-bond acceptors (Lipinski definition) is 3. The van der Waals surface area contributed by atoms with Crippen LogP contribution in [0.3, 0.4) is 0 Å². The van der Waals surface area contributed by atoms with E-state index < -0.39 is 0 Å². The quantitative estimate of drug-likeness (QED) is 0.884. The molecule has 3 nitrogen and oxygen atoms in total. The van der Waals surface area contributed by atoms with Crippen molar-refractivity contribution in [3.05, 3.63) is 22.2 Å². The fourth-order valence-corrected chi connectivity index (χ4v) is 3.24. The Balaban J connectivity index is 2.76. The van der Waals surface area contributed by atoms with Crippen molar-refractivity contribution in [2.24, 2.45) is 5.73 Å². The molecular formula is C13H18ClNO2. The molecule has 0 amide bonds. The van der Waals surface area contributed by atoms with Crippen molar-refractivity contribution in [2.45, 2.75) is 31.7 Å². The molecule has 0 radical (unpaired) electrons. The van der Waals surface area contributed by atoms with E-state index in [2.05, 4.69) is 13.8 Å². The van der Waals surface area contributed by atoms with Crippen LogP contribution in [-0.4, -0.2) is 14.2 Å². The first-order valence-corrected chi connectivity index (χ1v) is 6.00. The third kappa shape index (κ3) is 1.78. The highest BCUT2D eigenvalue weighted by atomic mass is 35.5. The second-order valence-corrected chi connectivity index (χ2v) is 5.48. The molecule has 4 heteroatoms. The zero-order valence-electron chi connectivity index (χ0n) is 10.6. The SMILES string of the molecule is COc1cc(Cl)c2c(c1OC)C(N)CC2(C)C. The highest BCUT2D eigenvalue weighted by Gasteiger charge is 2.40. The fraction of sp³-hybridized carbons (Fsp3) is 0.538. The third-order valence-corrected chi connectivity index (χ3v) is 3.73. The van der Waals surface area contributed by atoms with E-state index in [0.717, 1.165) is 17.5 Å². The Hall–Kier alpha value is -0.930. The molecule has 1 aliphatic rings. The lowest BCUT2D eigenvalue weighted by atomic mass is 9.86. The van der Waals surface area contributed by atoms with Gasteiger partial charge >= 0.3 is 0 Å². The van der Waals surface area contributed by atoms with Crippen LogP contribution in [0.15, 0.2) is 6.07 Å². The van der Waals surface area contributed by atoms with Crippen molar-refractivity contribution in [1.82, 2.24) is 0 Å². The summed E-state index contributed by atoms with van der Waals surface area (Å²) in [6.07, 6.45) is 0.867. The molecule has 0 aromatic heterocycles. The van der Waals surface area contributed by atoms with Gasteiger partial charge < -0.3 is 15.2 Å². The van der Waals surface area contributed by atoms with Gasteiger partial charge in [0.15, 0.2) is 11.5 Å². The third-order valence-electron chi connectivity index (χ3n) is 3.44. The van der Waals surface area contributed by atoms with E-state index in [1.807, 2.05) is 0 Å². The zero-order valence-corrected chi connectivity index (χ0v) is 11.4. The predicted molar refractivity (Wildman–Crippen MR) is 69.1 cm³/mol. The van der Waals surface area contributed by atoms with Gasteiger partial charge in [0, 0.05) is 22.7 Å². The Morgan fingerprint density at radius 3 is 2.53 bits per heavy atom. The summed E-state index contributed by atoms with van der Waals surface area (Å²) in [6.45, 7) is 4.30. The van der Waals surface area contributed by atoms with Crippen molar-refractivity contribution in [1.29, 1.82) is 0 Å². The summed E-state index contributed by atoms with van der Waals surface area (Å²) >= 11 is 6.34. The Kier molecular flexibility index (Phi) is 3.00. The second-order valence-electron chi connectivity index (χ2n) is 5.08. The zero-order chi connectivity index (χ0) is 12.8. The molecule has 0 heterocycles. The number of halogens is 1. The summed E-state index contributed by atoms with van der Waals surface area (Å²) in [6, 6.07) is 1.75. The number of methoxy groups -OCH3 is 2. The van der Waals surface area contributed by atoms with Crippen LogP contribution < -0.4 is 15.2 Å². The monoisotopic (exact) mass is 255 g/mol. The summed E-state index contributed by atoms with van der Waals surface area (Å²) in [5.74, 6) is 1.36. The fourth-order valence-electron chi connectivity index (χ4n) is 2.79. The molecule has 0 spiro atoms.